The maximum absolute atomic E-state index is 11.9. The largest absolute Gasteiger partial charge is 0.422 e. The van der Waals surface area contributed by atoms with Crippen molar-refractivity contribution in [2.75, 3.05) is 0 Å². The fraction of sp³-hybridized carbons (Fsp3) is 0.231. The van der Waals surface area contributed by atoms with Crippen LogP contribution in [0.2, 0.25) is 0 Å². The minimum absolute atomic E-state index is 0.379. The van der Waals surface area contributed by atoms with Crippen LogP contribution in [-0.2, 0) is 6.42 Å². The van der Waals surface area contributed by atoms with Gasteiger partial charge >= 0.3 is 5.63 Å². The maximum atomic E-state index is 11.9. The summed E-state index contributed by atoms with van der Waals surface area (Å²) in [5, 5.41) is 5.16. The average Bonchev–Trinajstić information content (AvgIpc) is 2.73. The molecule has 2 heterocycles. The van der Waals surface area contributed by atoms with Crippen molar-refractivity contribution >= 4 is 21.9 Å². The summed E-state index contributed by atoms with van der Waals surface area (Å²) >= 11 is 0. The molecular formula is C13H11NO3. The Bertz CT molecular complexity index is 767. The molecule has 0 aliphatic heterocycles. The third kappa shape index (κ3) is 1.37. The quantitative estimate of drug-likeness (QED) is 0.602. The first-order valence-electron chi connectivity index (χ1n) is 5.52. The van der Waals surface area contributed by atoms with Gasteiger partial charge in [-0.15, -0.1) is 0 Å². The summed E-state index contributed by atoms with van der Waals surface area (Å²) in [5.74, 6) is 0. The Kier molecular flexibility index (Phi) is 2.04. The first-order valence-corrected chi connectivity index (χ1v) is 5.52. The van der Waals surface area contributed by atoms with E-state index in [1.54, 1.807) is 0 Å². The lowest BCUT2D eigenvalue weighted by molar-refractivity contribution is 0.448. The van der Waals surface area contributed by atoms with Crippen LogP contribution >= 0.6 is 0 Å². The second kappa shape index (κ2) is 3.45. The number of aromatic nitrogens is 1. The van der Waals surface area contributed by atoms with Gasteiger partial charge < -0.3 is 8.94 Å². The van der Waals surface area contributed by atoms with Crippen LogP contribution in [0, 0.1) is 6.92 Å². The van der Waals surface area contributed by atoms with Crippen LogP contribution in [0.25, 0.3) is 21.9 Å². The Labute approximate surface area is 96.8 Å². The monoisotopic (exact) mass is 229 g/mol. The molecule has 1 aromatic carbocycles. The molecule has 0 unspecified atom stereocenters. The SMILES string of the molecule is CCc1noc2c1c(=O)oc1cc(C)ccc12. The van der Waals surface area contributed by atoms with E-state index in [0.717, 1.165) is 10.9 Å². The van der Waals surface area contributed by atoms with Crippen molar-refractivity contribution in [3.05, 3.63) is 39.9 Å². The van der Waals surface area contributed by atoms with Crippen molar-refractivity contribution in [1.29, 1.82) is 0 Å². The molecule has 86 valence electrons. The van der Waals surface area contributed by atoms with Crippen LogP contribution in [0.3, 0.4) is 0 Å². The van der Waals surface area contributed by atoms with Gasteiger partial charge in [-0.2, -0.15) is 0 Å². The number of hydrogen-bond acceptors (Lipinski definition) is 4. The number of aryl methyl sites for hydroxylation is 2. The molecule has 0 saturated heterocycles. The van der Waals surface area contributed by atoms with Crippen molar-refractivity contribution in [3.8, 4) is 0 Å². The van der Waals surface area contributed by atoms with E-state index >= 15 is 0 Å². The highest BCUT2D eigenvalue weighted by molar-refractivity contribution is 6.01. The molecule has 4 heteroatoms. The molecule has 0 aliphatic carbocycles. The number of nitrogens with zero attached hydrogens (tertiary/aromatic N) is 1. The van der Waals surface area contributed by atoms with Crippen LogP contribution in [0.15, 0.2) is 31.9 Å². The third-order valence-corrected chi connectivity index (χ3v) is 2.89. The molecule has 0 atom stereocenters. The van der Waals surface area contributed by atoms with E-state index in [9.17, 15) is 4.79 Å². The molecule has 2 aromatic heterocycles. The van der Waals surface area contributed by atoms with E-state index in [0.29, 0.717) is 28.7 Å². The molecule has 0 radical (unpaired) electrons. The molecule has 0 fully saturated rings. The maximum Gasteiger partial charge on any atom is 0.349 e. The molecule has 17 heavy (non-hydrogen) atoms. The highest BCUT2D eigenvalue weighted by Gasteiger charge is 2.16. The summed E-state index contributed by atoms with van der Waals surface area (Å²) in [4.78, 5) is 11.9. The van der Waals surface area contributed by atoms with E-state index < -0.39 is 0 Å². The molecule has 0 bridgehead atoms. The lowest BCUT2D eigenvalue weighted by atomic mass is 10.1. The molecular weight excluding hydrogens is 218 g/mol. The molecule has 3 rings (SSSR count). The van der Waals surface area contributed by atoms with Crippen molar-refractivity contribution in [1.82, 2.24) is 5.16 Å². The lowest BCUT2D eigenvalue weighted by Gasteiger charge is -1.98. The number of hydrogen-bond donors (Lipinski definition) is 0. The second-order valence-electron chi connectivity index (χ2n) is 4.08. The minimum atomic E-state index is -0.379. The van der Waals surface area contributed by atoms with Crippen LogP contribution in [0.5, 0.6) is 0 Å². The summed E-state index contributed by atoms with van der Waals surface area (Å²) in [7, 11) is 0. The summed E-state index contributed by atoms with van der Waals surface area (Å²) < 4.78 is 10.6. The second-order valence-corrected chi connectivity index (χ2v) is 4.08. The average molecular weight is 229 g/mol. The Balaban J connectivity index is 2.57. The number of fused-ring (bicyclic) bond motifs is 3. The van der Waals surface area contributed by atoms with Crippen molar-refractivity contribution in [3.63, 3.8) is 0 Å². The molecule has 0 spiro atoms. The predicted octanol–water partition coefficient (Wildman–Crippen LogP) is 2.81. The first kappa shape index (κ1) is 10.1. The number of benzene rings is 1. The third-order valence-electron chi connectivity index (χ3n) is 2.89. The highest BCUT2D eigenvalue weighted by Crippen LogP contribution is 2.25. The Morgan fingerprint density at radius 3 is 2.94 bits per heavy atom. The van der Waals surface area contributed by atoms with Gasteiger partial charge in [0.15, 0.2) is 5.58 Å². The Morgan fingerprint density at radius 2 is 2.18 bits per heavy atom. The van der Waals surface area contributed by atoms with Crippen molar-refractivity contribution < 1.29 is 8.94 Å². The zero-order chi connectivity index (χ0) is 12.0. The van der Waals surface area contributed by atoms with Gasteiger partial charge in [-0.25, -0.2) is 4.79 Å². The van der Waals surface area contributed by atoms with Gasteiger partial charge in [-0.1, -0.05) is 18.1 Å². The summed E-state index contributed by atoms with van der Waals surface area (Å²) in [6, 6.07) is 5.67. The standard InChI is InChI=1S/C13H11NO3/c1-3-9-11-12(17-14-9)8-5-4-7(2)6-10(8)16-13(11)15/h4-6H,3H2,1-2H3. The number of rotatable bonds is 1. The highest BCUT2D eigenvalue weighted by atomic mass is 16.5. The molecule has 0 amide bonds. The van der Waals surface area contributed by atoms with Gasteiger partial charge in [0.05, 0.1) is 11.1 Å². The van der Waals surface area contributed by atoms with Gasteiger partial charge in [0, 0.05) is 0 Å². The predicted molar refractivity (Wildman–Crippen MR) is 64.2 cm³/mol. The Hall–Kier alpha value is -2.10. The topological polar surface area (TPSA) is 56.2 Å². The van der Waals surface area contributed by atoms with Crippen LogP contribution in [0.1, 0.15) is 18.2 Å². The molecule has 4 nitrogen and oxygen atoms in total. The lowest BCUT2D eigenvalue weighted by Crippen LogP contribution is -2.00. The van der Waals surface area contributed by atoms with E-state index in [4.69, 9.17) is 8.94 Å². The zero-order valence-corrected chi connectivity index (χ0v) is 9.61. The first-order chi connectivity index (χ1) is 8.20. The van der Waals surface area contributed by atoms with E-state index in [1.165, 1.54) is 0 Å². The fourth-order valence-corrected chi connectivity index (χ4v) is 2.01. The van der Waals surface area contributed by atoms with Gasteiger partial charge in [0.2, 0.25) is 0 Å². The smallest absolute Gasteiger partial charge is 0.349 e. The summed E-state index contributed by atoms with van der Waals surface area (Å²) in [5.41, 5.74) is 2.37. The molecule has 0 N–H and O–H groups in total. The summed E-state index contributed by atoms with van der Waals surface area (Å²) in [6.07, 6.45) is 0.648. The van der Waals surface area contributed by atoms with Gasteiger partial charge in [0.1, 0.15) is 11.0 Å². The van der Waals surface area contributed by atoms with E-state index in [2.05, 4.69) is 5.16 Å². The van der Waals surface area contributed by atoms with Crippen LogP contribution in [0.4, 0.5) is 0 Å². The normalized spacial score (nSPS) is 11.4. The Morgan fingerprint density at radius 1 is 1.35 bits per heavy atom. The van der Waals surface area contributed by atoms with Crippen molar-refractivity contribution in [2.45, 2.75) is 20.3 Å². The van der Waals surface area contributed by atoms with Gasteiger partial charge in [-0.05, 0) is 31.0 Å². The van der Waals surface area contributed by atoms with Crippen LogP contribution < -0.4 is 5.63 Å². The van der Waals surface area contributed by atoms with E-state index in [1.807, 2.05) is 32.0 Å². The van der Waals surface area contributed by atoms with Gasteiger partial charge in [-0.3, -0.25) is 0 Å². The van der Waals surface area contributed by atoms with E-state index in [-0.39, 0.29) is 5.63 Å². The van der Waals surface area contributed by atoms with Crippen molar-refractivity contribution in [2.24, 2.45) is 0 Å². The summed E-state index contributed by atoms with van der Waals surface area (Å²) in [6.45, 7) is 3.87. The van der Waals surface area contributed by atoms with Gasteiger partial charge in [0.25, 0.3) is 0 Å². The fourth-order valence-electron chi connectivity index (χ4n) is 2.01. The van der Waals surface area contributed by atoms with Crippen LogP contribution in [-0.4, -0.2) is 5.16 Å². The zero-order valence-electron chi connectivity index (χ0n) is 9.61. The minimum Gasteiger partial charge on any atom is -0.422 e. The molecule has 0 aliphatic rings. The molecule has 0 saturated carbocycles. The molecule has 3 aromatic rings.